The number of carbonyl (C=O) groups excluding carboxylic acids is 2. The molecule has 25 heavy (non-hydrogen) atoms. The predicted octanol–water partition coefficient (Wildman–Crippen LogP) is 2.38. The van der Waals surface area contributed by atoms with E-state index >= 15 is 0 Å². The van der Waals surface area contributed by atoms with E-state index in [1.807, 2.05) is 40.6 Å². The summed E-state index contributed by atoms with van der Waals surface area (Å²) in [6, 6.07) is 11.1. The molecule has 0 aliphatic carbocycles. The number of methoxy groups -OCH3 is 1. The van der Waals surface area contributed by atoms with E-state index in [0.717, 1.165) is 17.7 Å². The van der Waals surface area contributed by atoms with Crippen LogP contribution in [-0.4, -0.2) is 36.5 Å². The van der Waals surface area contributed by atoms with Crippen LogP contribution in [0.4, 0.5) is 4.79 Å². The molecule has 0 aliphatic heterocycles. The number of hydrogen-bond acceptors (Lipinski definition) is 5. The summed E-state index contributed by atoms with van der Waals surface area (Å²) in [5, 5.41) is 4.17. The molecule has 0 bridgehead atoms. The summed E-state index contributed by atoms with van der Waals surface area (Å²) >= 11 is 1.69. The molecule has 134 valence electrons. The van der Waals surface area contributed by atoms with Crippen molar-refractivity contribution < 1.29 is 14.3 Å². The molecule has 0 fully saturated rings. The van der Waals surface area contributed by atoms with E-state index in [1.165, 1.54) is 4.88 Å². The summed E-state index contributed by atoms with van der Waals surface area (Å²) in [5.41, 5.74) is 6.10. The fraction of sp³-hybridized carbons (Fsp3) is 0.333. The molecule has 1 atom stereocenters. The van der Waals surface area contributed by atoms with Crippen LogP contribution in [0.25, 0.3) is 0 Å². The van der Waals surface area contributed by atoms with Gasteiger partial charge in [0.05, 0.1) is 13.7 Å². The summed E-state index contributed by atoms with van der Waals surface area (Å²) in [7, 11) is 1.62. The zero-order valence-corrected chi connectivity index (χ0v) is 15.2. The molecule has 1 aromatic heterocycles. The third kappa shape index (κ3) is 6.21. The summed E-state index contributed by atoms with van der Waals surface area (Å²) in [6.07, 6.45) is 0.831. The van der Waals surface area contributed by atoms with E-state index < -0.39 is 11.9 Å². The number of nitrogens with two attached hydrogens (primary N) is 1. The fourth-order valence-corrected chi connectivity index (χ4v) is 3.37. The maximum absolute atomic E-state index is 12.0. The molecular formula is C18H23N3O3S. The topological polar surface area (TPSA) is 84.7 Å². The minimum absolute atomic E-state index is 0.0987. The van der Waals surface area contributed by atoms with Crippen molar-refractivity contribution in [1.29, 1.82) is 0 Å². The van der Waals surface area contributed by atoms with Gasteiger partial charge in [0.1, 0.15) is 5.75 Å². The van der Waals surface area contributed by atoms with Crippen LogP contribution in [0.5, 0.6) is 5.75 Å². The Labute approximate surface area is 151 Å². The molecule has 7 heteroatoms. The number of primary amides is 1. The van der Waals surface area contributed by atoms with E-state index in [4.69, 9.17) is 10.5 Å². The largest absolute Gasteiger partial charge is 0.497 e. The third-order valence-corrected chi connectivity index (χ3v) is 4.75. The number of nitrogens with zero attached hydrogens (tertiary/aromatic N) is 1. The number of rotatable bonds is 8. The molecule has 3 N–H and O–H groups in total. The monoisotopic (exact) mass is 361 g/mol. The van der Waals surface area contributed by atoms with Gasteiger partial charge in [-0.1, -0.05) is 18.2 Å². The van der Waals surface area contributed by atoms with Gasteiger partial charge in [-0.2, -0.15) is 0 Å². The van der Waals surface area contributed by atoms with Crippen LogP contribution < -0.4 is 15.8 Å². The molecule has 1 aromatic carbocycles. The van der Waals surface area contributed by atoms with Crippen LogP contribution in [0.1, 0.15) is 17.4 Å². The molecule has 0 saturated carbocycles. The number of benzene rings is 1. The number of amides is 3. The first-order chi connectivity index (χ1) is 12.0. The van der Waals surface area contributed by atoms with E-state index in [1.54, 1.807) is 18.4 Å². The Morgan fingerprint density at radius 1 is 1.28 bits per heavy atom. The maximum atomic E-state index is 12.0. The summed E-state index contributed by atoms with van der Waals surface area (Å²) in [5.74, 6) is 0.382. The molecule has 0 aliphatic rings. The quantitative estimate of drug-likeness (QED) is 0.756. The number of imide groups is 1. The van der Waals surface area contributed by atoms with Gasteiger partial charge >= 0.3 is 6.03 Å². The highest BCUT2D eigenvalue weighted by Gasteiger charge is 2.19. The van der Waals surface area contributed by atoms with Crippen molar-refractivity contribution in [2.45, 2.75) is 25.9 Å². The van der Waals surface area contributed by atoms with Gasteiger partial charge in [-0.3, -0.25) is 15.0 Å². The molecule has 6 nitrogen and oxygen atoms in total. The molecule has 2 aromatic rings. The van der Waals surface area contributed by atoms with Gasteiger partial charge in [0.2, 0.25) is 5.91 Å². The Kier molecular flexibility index (Phi) is 6.97. The van der Waals surface area contributed by atoms with Crippen molar-refractivity contribution in [3.05, 3.63) is 52.2 Å². The lowest BCUT2D eigenvalue weighted by Gasteiger charge is -2.28. The maximum Gasteiger partial charge on any atom is 0.318 e. The summed E-state index contributed by atoms with van der Waals surface area (Å²) < 4.78 is 5.17. The summed E-state index contributed by atoms with van der Waals surface area (Å²) in [6.45, 7) is 2.75. The predicted molar refractivity (Wildman–Crippen MR) is 98.6 cm³/mol. The van der Waals surface area contributed by atoms with Gasteiger partial charge in [-0.15, -0.1) is 11.3 Å². The number of thiophene rings is 1. The Hall–Kier alpha value is -2.38. The zero-order valence-electron chi connectivity index (χ0n) is 14.4. The molecular weight excluding hydrogens is 338 g/mol. The van der Waals surface area contributed by atoms with Gasteiger partial charge in [0.25, 0.3) is 0 Å². The molecule has 0 spiro atoms. The normalized spacial score (nSPS) is 12.0. The average molecular weight is 361 g/mol. The Morgan fingerprint density at radius 3 is 2.56 bits per heavy atom. The average Bonchev–Trinajstić information content (AvgIpc) is 3.07. The number of hydrogen-bond donors (Lipinski definition) is 2. The van der Waals surface area contributed by atoms with Gasteiger partial charge in [0, 0.05) is 17.5 Å². The van der Waals surface area contributed by atoms with Gasteiger partial charge in [-0.05, 0) is 42.5 Å². The van der Waals surface area contributed by atoms with E-state index in [-0.39, 0.29) is 12.6 Å². The standard InChI is InChI=1S/C18H23N3O3S/c1-13(10-16-4-3-9-25-16)21(12-17(22)20-18(19)23)11-14-5-7-15(24-2)8-6-14/h3-9,13H,10-12H2,1-2H3,(H3,19,20,22,23). The van der Waals surface area contributed by atoms with Crippen molar-refractivity contribution in [2.24, 2.45) is 5.73 Å². The number of nitrogens with one attached hydrogen (secondary N) is 1. The van der Waals surface area contributed by atoms with Crippen LogP contribution in [0.3, 0.4) is 0 Å². The van der Waals surface area contributed by atoms with E-state index in [2.05, 4.69) is 18.3 Å². The van der Waals surface area contributed by atoms with Crippen LogP contribution in [-0.2, 0) is 17.8 Å². The number of urea groups is 1. The second kappa shape index (κ2) is 9.19. The molecule has 1 unspecified atom stereocenters. The Balaban J connectivity index is 2.08. The highest BCUT2D eigenvalue weighted by molar-refractivity contribution is 7.09. The number of carbonyl (C=O) groups is 2. The minimum Gasteiger partial charge on any atom is -0.497 e. The van der Waals surface area contributed by atoms with Crippen LogP contribution in [0.2, 0.25) is 0 Å². The second-order valence-corrected chi connectivity index (χ2v) is 6.83. The van der Waals surface area contributed by atoms with E-state index in [9.17, 15) is 9.59 Å². The molecule has 0 saturated heterocycles. The number of ether oxygens (including phenoxy) is 1. The van der Waals surface area contributed by atoms with Crippen LogP contribution >= 0.6 is 11.3 Å². The first-order valence-corrected chi connectivity index (χ1v) is 8.84. The zero-order chi connectivity index (χ0) is 18.2. The minimum atomic E-state index is -0.833. The Bertz CT molecular complexity index is 686. The van der Waals surface area contributed by atoms with E-state index in [0.29, 0.717) is 6.54 Å². The first kappa shape index (κ1) is 19.0. The SMILES string of the molecule is COc1ccc(CN(CC(=O)NC(N)=O)C(C)Cc2cccs2)cc1. The first-order valence-electron chi connectivity index (χ1n) is 7.96. The Morgan fingerprint density at radius 2 is 2.00 bits per heavy atom. The lowest BCUT2D eigenvalue weighted by atomic mass is 10.1. The lowest BCUT2D eigenvalue weighted by Crippen LogP contribution is -2.45. The smallest absolute Gasteiger partial charge is 0.318 e. The third-order valence-electron chi connectivity index (χ3n) is 3.85. The van der Waals surface area contributed by atoms with Crippen LogP contribution in [0, 0.1) is 0 Å². The molecule has 3 amide bonds. The van der Waals surface area contributed by atoms with Gasteiger partial charge < -0.3 is 10.5 Å². The summed E-state index contributed by atoms with van der Waals surface area (Å²) in [4.78, 5) is 26.2. The molecule has 2 rings (SSSR count). The van der Waals surface area contributed by atoms with Gasteiger partial charge in [-0.25, -0.2) is 4.79 Å². The van der Waals surface area contributed by atoms with Crippen molar-refractivity contribution in [3.63, 3.8) is 0 Å². The van der Waals surface area contributed by atoms with Crippen molar-refractivity contribution in [1.82, 2.24) is 10.2 Å². The second-order valence-electron chi connectivity index (χ2n) is 5.80. The van der Waals surface area contributed by atoms with Crippen molar-refractivity contribution in [3.8, 4) is 5.75 Å². The highest BCUT2D eigenvalue weighted by atomic mass is 32.1. The molecule has 0 radical (unpaired) electrons. The fourth-order valence-electron chi connectivity index (χ4n) is 2.54. The lowest BCUT2D eigenvalue weighted by molar-refractivity contribution is -0.121. The highest BCUT2D eigenvalue weighted by Crippen LogP contribution is 2.18. The van der Waals surface area contributed by atoms with Gasteiger partial charge in [0.15, 0.2) is 0 Å². The molecule has 1 heterocycles. The van der Waals surface area contributed by atoms with Crippen molar-refractivity contribution >= 4 is 23.3 Å². The van der Waals surface area contributed by atoms with Crippen LogP contribution in [0.15, 0.2) is 41.8 Å². The van der Waals surface area contributed by atoms with Crippen molar-refractivity contribution in [2.75, 3.05) is 13.7 Å².